The summed E-state index contributed by atoms with van der Waals surface area (Å²) < 4.78 is 52.9. The van der Waals surface area contributed by atoms with Gasteiger partial charge in [0.15, 0.2) is 15.9 Å². The Morgan fingerprint density at radius 2 is 1.87 bits per heavy atom. The number of hydrazine groups is 1. The van der Waals surface area contributed by atoms with Gasteiger partial charge in [0.05, 0.1) is 35.6 Å². The van der Waals surface area contributed by atoms with Crippen LogP contribution in [-0.4, -0.2) is 55.8 Å². The third-order valence-corrected chi connectivity index (χ3v) is 9.95. The molecule has 3 aromatic carbocycles. The molecule has 1 saturated heterocycles. The molecule has 13 heteroatoms. The lowest BCUT2D eigenvalue weighted by atomic mass is 9.99. The lowest BCUT2D eigenvalue weighted by Crippen LogP contribution is -2.46. The zero-order valence-corrected chi connectivity index (χ0v) is 27.3. The van der Waals surface area contributed by atoms with Crippen LogP contribution < -0.4 is 20.9 Å². The van der Waals surface area contributed by atoms with Crippen LogP contribution in [0.2, 0.25) is 0 Å². The second-order valence-electron chi connectivity index (χ2n) is 11.0. The number of carbonyl (C=O) groups excluding carboxylic acids is 2. The number of nitrogens with two attached hydrogens (primary N) is 1. The number of aromatic nitrogens is 1. The number of ether oxygens (including phenoxy) is 2. The smallest absolute Gasteiger partial charge is 0.411 e. The molecule has 11 nitrogen and oxygen atoms in total. The van der Waals surface area contributed by atoms with Gasteiger partial charge in [0.25, 0.3) is 5.91 Å². The third-order valence-electron chi connectivity index (χ3n) is 8.15. The fraction of sp³-hybridized carbons (Fsp3) is 0.324. The first kappa shape index (κ1) is 33.6. The molecule has 5 rings (SSSR count). The summed E-state index contributed by atoms with van der Waals surface area (Å²) in [6.45, 7) is 5.75. The Kier molecular flexibility index (Phi) is 10.3. The molecule has 47 heavy (non-hydrogen) atoms. The highest BCUT2D eigenvalue weighted by atomic mass is 32.2. The maximum Gasteiger partial charge on any atom is 0.411 e. The van der Waals surface area contributed by atoms with Crippen LogP contribution in [0.3, 0.4) is 0 Å². The summed E-state index contributed by atoms with van der Waals surface area (Å²) in [7, 11) is -3.74. The molecule has 248 valence electrons. The SMILES string of the molecule is CCOC(=O)Nc1ccc(S(=O)(=O)CC)c([C@H]2CCCN2C(=O)[C@@H](c2cc(OCC)ccc2F)N(N)c2ccc3cnccc3c2)c1. The fourth-order valence-electron chi connectivity index (χ4n) is 5.89. The van der Waals surface area contributed by atoms with Crippen molar-refractivity contribution >= 4 is 44.0 Å². The van der Waals surface area contributed by atoms with E-state index in [1.54, 1.807) is 49.3 Å². The first-order chi connectivity index (χ1) is 22.6. The molecule has 0 radical (unpaired) electrons. The Bertz CT molecular complexity index is 1890. The van der Waals surface area contributed by atoms with Crippen molar-refractivity contribution in [1.82, 2.24) is 9.88 Å². The number of pyridine rings is 1. The molecule has 0 spiro atoms. The minimum absolute atomic E-state index is 0.00283. The number of hydrogen-bond acceptors (Lipinski definition) is 9. The Labute approximate surface area is 273 Å². The highest BCUT2D eigenvalue weighted by Gasteiger charge is 2.40. The van der Waals surface area contributed by atoms with Crippen molar-refractivity contribution in [2.45, 2.75) is 50.6 Å². The van der Waals surface area contributed by atoms with E-state index >= 15 is 4.39 Å². The highest BCUT2D eigenvalue weighted by Crippen LogP contribution is 2.41. The second-order valence-corrected chi connectivity index (χ2v) is 13.3. The van der Waals surface area contributed by atoms with E-state index in [9.17, 15) is 18.0 Å². The predicted octanol–water partition coefficient (Wildman–Crippen LogP) is 5.92. The lowest BCUT2D eigenvalue weighted by Gasteiger charge is -2.35. The number of amides is 2. The Balaban J connectivity index is 1.61. The van der Waals surface area contributed by atoms with E-state index in [4.69, 9.17) is 15.3 Å². The number of sulfone groups is 1. The number of likely N-dealkylation sites (tertiary alicyclic amines) is 1. The molecule has 0 aliphatic carbocycles. The van der Waals surface area contributed by atoms with Gasteiger partial charge in [0.2, 0.25) is 0 Å². The summed E-state index contributed by atoms with van der Waals surface area (Å²) in [5.41, 5.74) is 1.11. The molecule has 1 aliphatic rings. The molecule has 2 amide bonds. The molecule has 3 N–H and O–H groups in total. The van der Waals surface area contributed by atoms with Crippen molar-refractivity contribution in [3.63, 3.8) is 0 Å². The number of nitrogens with one attached hydrogen (secondary N) is 1. The van der Waals surface area contributed by atoms with Crippen molar-refractivity contribution in [2.75, 3.05) is 35.8 Å². The molecule has 2 heterocycles. The van der Waals surface area contributed by atoms with Crippen molar-refractivity contribution in [1.29, 1.82) is 0 Å². The van der Waals surface area contributed by atoms with Crippen LogP contribution in [0.15, 0.2) is 78.0 Å². The minimum Gasteiger partial charge on any atom is -0.494 e. The van der Waals surface area contributed by atoms with Crippen LogP contribution in [-0.2, 0) is 19.4 Å². The Morgan fingerprint density at radius 3 is 2.62 bits per heavy atom. The summed E-state index contributed by atoms with van der Waals surface area (Å²) in [5, 5.41) is 5.53. The van der Waals surface area contributed by atoms with E-state index in [1.807, 2.05) is 12.1 Å². The maximum atomic E-state index is 15.7. The number of anilines is 2. The molecule has 1 aromatic heterocycles. The average molecular weight is 664 g/mol. The van der Waals surface area contributed by atoms with Gasteiger partial charge in [0.1, 0.15) is 11.6 Å². The monoisotopic (exact) mass is 663 g/mol. The van der Waals surface area contributed by atoms with Crippen molar-refractivity contribution in [2.24, 2.45) is 5.84 Å². The number of fused-ring (bicyclic) bond motifs is 1. The molecular weight excluding hydrogens is 625 g/mol. The summed E-state index contributed by atoms with van der Waals surface area (Å²) in [4.78, 5) is 32.7. The van der Waals surface area contributed by atoms with E-state index in [2.05, 4.69) is 10.3 Å². The van der Waals surface area contributed by atoms with E-state index < -0.39 is 39.7 Å². The molecule has 0 saturated carbocycles. The summed E-state index contributed by atoms with van der Waals surface area (Å²) >= 11 is 0. The third kappa shape index (κ3) is 7.15. The van der Waals surface area contributed by atoms with Gasteiger partial charge in [-0.05, 0) is 92.2 Å². The number of halogens is 1. The van der Waals surface area contributed by atoms with Crippen LogP contribution in [0.25, 0.3) is 10.8 Å². The number of hydrogen-bond donors (Lipinski definition) is 2. The van der Waals surface area contributed by atoms with E-state index in [-0.39, 0.29) is 29.4 Å². The minimum atomic E-state index is -3.74. The highest BCUT2D eigenvalue weighted by molar-refractivity contribution is 7.91. The molecule has 0 bridgehead atoms. The Morgan fingerprint density at radius 1 is 1.06 bits per heavy atom. The molecule has 1 aliphatic heterocycles. The quantitative estimate of drug-likeness (QED) is 0.148. The van der Waals surface area contributed by atoms with Crippen LogP contribution in [0, 0.1) is 5.82 Å². The van der Waals surface area contributed by atoms with Crippen molar-refractivity contribution < 1.29 is 31.9 Å². The molecular formula is C34H38FN5O6S. The maximum absolute atomic E-state index is 15.7. The van der Waals surface area contributed by atoms with E-state index in [1.165, 1.54) is 42.3 Å². The van der Waals surface area contributed by atoms with Crippen LogP contribution in [0.1, 0.15) is 56.8 Å². The fourth-order valence-corrected chi connectivity index (χ4v) is 7.03. The van der Waals surface area contributed by atoms with E-state index in [0.29, 0.717) is 42.1 Å². The number of nitrogens with zero attached hydrogens (tertiary/aromatic N) is 3. The van der Waals surface area contributed by atoms with Gasteiger partial charge < -0.3 is 14.4 Å². The predicted molar refractivity (Wildman–Crippen MR) is 177 cm³/mol. The van der Waals surface area contributed by atoms with Gasteiger partial charge in [-0.25, -0.2) is 23.4 Å². The first-order valence-corrected chi connectivity index (χ1v) is 17.1. The van der Waals surface area contributed by atoms with Gasteiger partial charge >= 0.3 is 6.09 Å². The first-order valence-electron chi connectivity index (χ1n) is 15.5. The molecule has 2 atom stereocenters. The number of rotatable bonds is 11. The largest absolute Gasteiger partial charge is 0.494 e. The number of benzene rings is 3. The van der Waals surface area contributed by atoms with Crippen molar-refractivity contribution in [3.05, 3.63) is 90.0 Å². The van der Waals surface area contributed by atoms with Crippen molar-refractivity contribution in [3.8, 4) is 5.75 Å². The zero-order chi connectivity index (χ0) is 33.7. The van der Waals surface area contributed by atoms with Gasteiger partial charge in [-0.3, -0.25) is 20.1 Å². The zero-order valence-electron chi connectivity index (χ0n) is 26.5. The Hall–Kier alpha value is -4.75. The standard InChI is InChI=1S/C34H38FN5O6S/c1-4-45-26-12-13-29(35)27(20-26)32(40(36)25-11-9-23-21-37-16-15-22(23)18-25)33(41)39-17-7-8-30(39)28-19-24(38-34(42)46-5-2)10-14-31(28)47(43,44)6-3/h9-16,18-21,30,32H,4-8,17,36H2,1-3H3,(H,38,42)/t30-,32-/m1/s1. The van der Waals surface area contributed by atoms with Crippen LogP contribution in [0.4, 0.5) is 20.6 Å². The second kappa shape index (κ2) is 14.3. The lowest BCUT2D eigenvalue weighted by molar-refractivity contribution is -0.134. The average Bonchev–Trinajstić information content (AvgIpc) is 3.56. The summed E-state index contributed by atoms with van der Waals surface area (Å²) in [6.07, 6.45) is 3.64. The topological polar surface area (TPSA) is 144 Å². The van der Waals surface area contributed by atoms with E-state index in [0.717, 1.165) is 10.8 Å². The molecule has 1 fully saturated rings. The van der Waals surface area contributed by atoms with Gasteiger partial charge in [0, 0.05) is 35.6 Å². The van der Waals surface area contributed by atoms with Gasteiger partial charge in [-0.1, -0.05) is 13.0 Å². The molecule has 0 unspecified atom stereocenters. The summed E-state index contributed by atoms with van der Waals surface area (Å²) in [6, 6.07) is 13.7. The van der Waals surface area contributed by atoms with Gasteiger partial charge in [-0.2, -0.15) is 0 Å². The summed E-state index contributed by atoms with van der Waals surface area (Å²) in [5.74, 6) is 5.76. The van der Waals surface area contributed by atoms with Gasteiger partial charge in [-0.15, -0.1) is 0 Å². The van der Waals surface area contributed by atoms with Crippen LogP contribution in [0.5, 0.6) is 5.75 Å². The number of carbonyl (C=O) groups is 2. The normalized spacial score (nSPS) is 15.3. The molecule has 4 aromatic rings. The van der Waals surface area contributed by atoms with Crippen LogP contribution >= 0.6 is 0 Å².